The molecule has 0 saturated heterocycles. The van der Waals surface area contributed by atoms with Gasteiger partial charge in [-0.25, -0.2) is 8.42 Å². The number of amides is 1. The normalized spacial score (nSPS) is 11.1. The zero-order valence-electron chi connectivity index (χ0n) is 14.5. The molecule has 134 valence electrons. The van der Waals surface area contributed by atoms with Gasteiger partial charge in [0.25, 0.3) is 0 Å². The maximum Gasteiger partial charge on any atom is 0.224 e. The number of hydrogen-bond acceptors (Lipinski definition) is 4. The quantitative estimate of drug-likeness (QED) is 0.729. The molecule has 0 heterocycles. The molecule has 2 aromatic rings. The Morgan fingerprint density at radius 3 is 2.48 bits per heavy atom. The van der Waals surface area contributed by atoms with E-state index in [-0.39, 0.29) is 23.0 Å². The minimum atomic E-state index is -3.38. The first-order valence-electron chi connectivity index (χ1n) is 8.24. The molecular formula is C19H23NO4S. The Hall–Kier alpha value is -2.34. The van der Waals surface area contributed by atoms with Crippen LogP contribution >= 0.6 is 0 Å². The highest BCUT2D eigenvalue weighted by Gasteiger charge is 2.17. The van der Waals surface area contributed by atoms with Crippen molar-refractivity contribution in [3.8, 4) is 5.75 Å². The Bertz CT molecular complexity index is 831. The molecule has 0 aromatic heterocycles. The van der Waals surface area contributed by atoms with E-state index in [0.717, 1.165) is 11.3 Å². The number of carbonyl (C=O) groups is 1. The average molecular weight is 361 g/mol. The minimum absolute atomic E-state index is 0.00977. The van der Waals surface area contributed by atoms with E-state index in [1.807, 2.05) is 31.2 Å². The number of carbonyl (C=O) groups excluding carboxylic acids is 1. The topological polar surface area (TPSA) is 72.5 Å². The van der Waals surface area contributed by atoms with Crippen LogP contribution in [0.2, 0.25) is 0 Å². The highest BCUT2D eigenvalue weighted by atomic mass is 32.2. The molecule has 1 N–H and O–H groups in total. The van der Waals surface area contributed by atoms with E-state index in [4.69, 9.17) is 4.74 Å². The molecule has 2 aromatic carbocycles. The van der Waals surface area contributed by atoms with Crippen LogP contribution in [-0.2, 0) is 14.6 Å². The van der Waals surface area contributed by atoms with Gasteiger partial charge >= 0.3 is 0 Å². The molecule has 0 aliphatic heterocycles. The van der Waals surface area contributed by atoms with Crippen LogP contribution in [0.4, 0.5) is 5.69 Å². The van der Waals surface area contributed by atoms with Crippen molar-refractivity contribution in [3.05, 3.63) is 54.1 Å². The standard InChI is InChI=1S/C19H23NO4S/c1-3-25(22,23)18-12-7-5-10-16(18)20-19(21)13-8-14-24-17-11-6-4-9-15(17)2/h4-7,9-12H,3,8,13-14H2,1-2H3,(H,20,21). The van der Waals surface area contributed by atoms with Crippen molar-refractivity contribution in [1.29, 1.82) is 0 Å². The highest BCUT2D eigenvalue weighted by Crippen LogP contribution is 2.22. The zero-order chi connectivity index (χ0) is 18.3. The second-order valence-electron chi connectivity index (χ2n) is 5.67. The van der Waals surface area contributed by atoms with E-state index in [9.17, 15) is 13.2 Å². The fourth-order valence-electron chi connectivity index (χ4n) is 2.34. The summed E-state index contributed by atoms with van der Waals surface area (Å²) >= 11 is 0. The van der Waals surface area contributed by atoms with E-state index in [2.05, 4.69) is 5.32 Å². The summed E-state index contributed by atoms with van der Waals surface area (Å²) in [6.07, 6.45) is 0.801. The third-order valence-electron chi connectivity index (χ3n) is 3.78. The summed E-state index contributed by atoms with van der Waals surface area (Å²) < 4.78 is 29.8. The lowest BCUT2D eigenvalue weighted by Crippen LogP contribution is -2.16. The smallest absolute Gasteiger partial charge is 0.224 e. The van der Waals surface area contributed by atoms with E-state index in [1.54, 1.807) is 25.1 Å². The zero-order valence-corrected chi connectivity index (χ0v) is 15.3. The SMILES string of the molecule is CCS(=O)(=O)c1ccccc1NC(=O)CCCOc1ccccc1C. The molecule has 0 unspecified atom stereocenters. The number of aryl methyl sites for hydroxylation is 1. The van der Waals surface area contributed by atoms with Gasteiger partial charge in [-0.3, -0.25) is 4.79 Å². The molecule has 25 heavy (non-hydrogen) atoms. The molecule has 0 radical (unpaired) electrons. The van der Waals surface area contributed by atoms with Gasteiger partial charge < -0.3 is 10.1 Å². The second kappa shape index (κ2) is 8.67. The molecule has 5 nitrogen and oxygen atoms in total. The van der Waals surface area contributed by atoms with E-state index in [0.29, 0.717) is 18.7 Å². The number of ether oxygens (including phenoxy) is 1. The number of anilines is 1. The van der Waals surface area contributed by atoms with Crippen molar-refractivity contribution in [2.24, 2.45) is 0 Å². The predicted molar refractivity (Wildman–Crippen MR) is 98.7 cm³/mol. The van der Waals surface area contributed by atoms with Gasteiger partial charge in [0, 0.05) is 6.42 Å². The van der Waals surface area contributed by atoms with Gasteiger partial charge in [0.2, 0.25) is 5.91 Å². The molecule has 0 aliphatic rings. The third kappa shape index (κ3) is 5.32. The summed E-state index contributed by atoms with van der Waals surface area (Å²) in [6, 6.07) is 14.2. The molecule has 0 saturated carbocycles. The lowest BCUT2D eigenvalue weighted by atomic mass is 10.2. The molecule has 0 spiro atoms. The number of benzene rings is 2. The molecule has 6 heteroatoms. The Balaban J connectivity index is 1.88. The van der Waals surface area contributed by atoms with E-state index < -0.39 is 9.84 Å². The Labute approximate surface area is 148 Å². The van der Waals surface area contributed by atoms with Gasteiger partial charge in [-0.1, -0.05) is 37.3 Å². The predicted octanol–water partition coefficient (Wildman–Crippen LogP) is 3.59. The van der Waals surface area contributed by atoms with Crippen LogP contribution < -0.4 is 10.1 Å². The number of hydrogen-bond donors (Lipinski definition) is 1. The maximum atomic E-state index is 12.1. The Kier molecular flexibility index (Phi) is 6.58. The van der Waals surface area contributed by atoms with E-state index in [1.165, 1.54) is 6.07 Å². The first-order chi connectivity index (χ1) is 11.9. The summed E-state index contributed by atoms with van der Waals surface area (Å²) in [6.45, 7) is 3.97. The van der Waals surface area contributed by atoms with Crippen LogP contribution in [0.25, 0.3) is 0 Å². The maximum absolute atomic E-state index is 12.1. The summed E-state index contributed by atoms with van der Waals surface area (Å²) in [5, 5.41) is 2.69. The summed E-state index contributed by atoms with van der Waals surface area (Å²) in [4.78, 5) is 12.3. The molecule has 0 bridgehead atoms. The molecule has 1 amide bonds. The fraction of sp³-hybridized carbons (Fsp3) is 0.316. The molecule has 0 atom stereocenters. The van der Waals surface area contributed by atoms with Crippen LogP contribution in [0.3, 0.4) is 0 Å². The van der Waals surface area contributed by atoms with Crippen molar-refractivity contribution in [1.82, 2.24) is 0 Å². The van der Waals surface area contributed by atoms with Crippen LogP contribution in [0.5, 0.6) is 5.75 Å². The number of sulfone groups is 1. The summed E-state index contributed by atoms with van der Waals surface area (Å²) in [7, 11) is -3.38. The van der Waals surface area contributed by atoms with Gasteiger partial charge in [-0.05, 0) is 37.1 Å². The van der Waals surface area contributed by atoms with Gasteiger partial charge in [0.15, 0.2) is 9.84 Å². The van der Waals surface area contributed by atoms with Crippen LogP contribution in [0.1, 0.15) is 25.3 Å². The lowest BCUT2D eigenvalue weighted by molar-refractivity contribution is -0.116. The first-order valence-corrected chi connectivity index (χ1v) is 9.89. The number of nitrogens with one attached hydrogen (secondary N) is 1. The van der Waals surface area contributed by atoms with Gasteiger partial charge in [0.05, 0.1) is 22.9 Å². The largest absolute Gasteiger partial charge is 0.493 e. The molecule has 0 aliphatic carbocycles. The first kappa shape index (κ1) is 19.0. The Morgan fingerprint density at radius 1 is 1.08 bits per heavy atom. The lowest BCUT2D eigenvalue weighted by Gasteiger charge is -2.11. The number of para-hydroxylation sites is 2. The van der Waals surface area contributed by atoms with Crippen molar-refractivity contribution < 1.29 is 17.9 Å². The van der Waals surface area contributed by atoms with Crippen LogP contribution in [-0.4, -0.2) is 26.7 Å². The summed E-state index contributed by atoms with van der Waals surface area (Å²) in [5.41, 5.74) is 1.37. The highest BCUT2D eigenvalue weighted by molar-refractivity contribution is 7.91. The van der Waals surface area contributed by atoms with Crippen LogP contribution in [0, 0.1) is 6.92 Å². The number of rotatable bonds is 8. The molecule has 0 fully saturated rings. The molecular weight excluding hydrogens is 338 g/mol. The van der Waals surface area contributed by atoms with Crippen molar-refractivity contribution in [2.45, 2.75) is 31.6 Å². The van der Waals surface area contributed by atoms with E-state index >= 15 is 0 Å². The van der Waals surface area contributed by atoms with Gasteiger partial charge in [-0.2, -0.15) is 0 Å². The van der Waals surface area contributed by atoms with Crippen molar-refractivity contribution >= 4 is 21.4 Å². The minimum Gasteiger partial charge on any atom is -0.493 e. The Morgan fingerprint density at radius 2 is 1.76 bits per heavy atom. The third-order valence-corrected chi connectivity index (χ3v) is 5.56. The molecule has 2 rings (SSSR count). The van der Waals surface area contributed by atoms with Gasteiger partial charge in [-0.15, -0.1) is 0 Å². The summed E-state index contributed by atoms with van der Waals surface area (Å²) in [5.74, 6) is 0.568. The van der Waals surface area contributed by atoms with Crippen LogP contribution in [0.15, 0.2) is 53.4 Å². The fourth-order valence-corrected chi connectivity index (χ4v) is 3.39. The van der Waals surface area contributed by atoms with Gasteiger partial charge in [0.1, 0.15) is 5.75 Å². The van der Waals surface area contributed by atoms with Crippen molar-refractivity contribution in [3.63, 3.8) is 0 Å². The second-order valence-corrected chi connectivity index (χ2v) is 7.91. The van der Waals surface area contributed by atoms with Crippen molar-refractivity contribution in [2.75, 3.05) is 17.7 Å². The monoisotopic (exact) mass is 361 g/mol. The average Bonchev–Trinajstić information content (AvgIpc) is 2.60.